The molecule has 2 nitrogen and oxygen atoms in total. The summed E-state index contributed by atoms with van der Waals surface area (Å²) in [6, 6.07) is 7.97. The zero-order valence-corrected chi connectivity index (χ0v) is 11.3. The Hall–Kier alpha value is -0.860. The normalized spacial score (nSPS) is 24.9. The Bertz CT molecular complexity index is 424. The van der Waals surface area contributed by atoms with Crippen molar-refractivity contribution in [1.29, 1.82) is 0 Å². The lowest BCUT2D eigenvalue weighted by atomic mass is 9.78. The summed E-state index contributed by atoms with van der Waals surface area (Å²) >= 11 is 5.88. The molecule has 1 unspecified atom stereocenters. The van der Waals surface area contributed by atoms with Gasteiger partial charge in [0.05, 0.1) is 0 Å². The molecule has 0 radical (unpaired) electrons. The SMILES string of the molecule is CN1CC(C)(C)C(=O)CC1c1ccc(Cl)cc1. The van der Waals surface area contributed by atoms with Crippen LogP contribution in [0.15, 0.2) is 24.3 Å². The first-order valence-corrected chi connectivity index (χ1v) is 6.27. The van der Waals surface area contributed by atoms with Crippen LogP contribution in [0.3, 0.4) is 0 Å². The van der Waals surface area contributed by atoms with E-state index in [9.17, 15) is 4.79 Å². The van der Waals surface area contributed by atoms with Gasteiger partial charge in [0, 0.05) is 29.4 Å². The minimum absolute atomic E-state index is 0.188. The summed E-state index contributed by atoms with van der Waals surface area (Å²) in [6.45, 7) is 4.84. The number of rotatable bonds is 1. The van der Waals surface area contributed by atoms with Gasteiger partial charge < -0.3 is 0 Å². The minimum Gasteiger partial charge on any atom is -0.299 e. The Kier molecular flexibility index (Phi) is 3.28. The van der Waals surface area contributed by atoms with Crippen molar-refractivity contribution in [2.45, 2.75) is 26.3 Å². The molecule has 1 aliphatic heterocycles. The van der Waals surface area contributed by atoms with Crippen molar-refractivity contribution in [3.63, 3.8) is 0 Å². The number of piperidine rings is 1. The number of carbonyl (C=O) groups is 1. The number of likely N-dealkylation sites (tertiary alicyclic amines) is 1. The second kappa shape index (κ2) is 4.43. The maximum atomic E-state index is 12.1. The summed E-state index contributed by atoms with van der Waals surface area (Å²) in [7, 11) is 2.08. The molecule has 1 fully saturated rings. The van der Waals surface area contributed by atoms with E-state index in [0.717, 1.165) is 11.6 Å². The largest absolute Gasteiger partial charge is 0.299 e. The van der Waals surface area contributed by atoms with Crippen LogP contribution in [0, 0.1) is 5.41 Å². The zero-order valence-electron chi connectivity index (χ0n) is 10.5. The highest BCUT2D eigenvalue weighted by molar-refractivity contribution is 6.30. The maximum Gasteiger partial charge on any atom is 0.141 e. The molecule has 0 amide bonds. The molecule has 1 aliphatic rings. The van der Waals surface area contributed by atoms with Gasteiger partial charge in [0.25, 0.3) is 0 Å². The third-order valence-electron chi connectivity index (χ3n) is 3.57. The van der Waals surface area contributed by atoms with E-state index in [-0.39, 0.29) is 11.5 Å². The van der Waals surface area contributed by atoms with Crippen LogP contribution in [0.2, 0.25) is 5.02 Å². The fourth-order valence-corrected chi connectivity index (χ4v) is 2.61. The first-order chi connectivity index (χ1) is 7.90. The molecule has 0 saturated carbocycles. The number of halogens is 1. The maximum absolute atomic E-state index is 12.1. The summed E-state index contributed by atoms with van der Waals surface area (Å²) in [6.07, 6.45) is 0.588. The highest BCUT2D eigenvalue weighted by atomic mass is 35.5. The second-order valence-electron chi connectivity index (χ2n) is 5.49. The molecule has 1 aromatic rings. The summed E-state index contributed by atoms with van der Waals surface area (Å²) in [5.41, 5.74) is 0.943. The number of Topliss-reactive ketones (excluding diaryl/α,β-unsaturated/α-hetero) is 1. The molecular weight excluding hydrogens is 234 g/mol. The van der Waals surface area contributed by atoms with Gasteiger partial charge in [-0.2, -0.15) is 0 Å². The van der Waals surface area contributed by atoms with E-state index in [2.05, 4.69) is 11.9 Å². The number of hydrogen-bond acceptors (Lipinski definition) is 2. The number of benzene rings is 1. The molecule has 0 aromatic heterocycles. The van der Waals surface area contributed by atoms with Gasteiger partial charge in [0.15, 0.2) is 0 Å². The first kappa shape index (κ1) is 12.6. The van der Waals surface area contributed by atoms with Gasteiger partial charge in [-0.1, -0.05) is 37.6 Å². The van der Waals surface area contributed by atoms with Gasteiger partial charge in [-0.15, -0.1) is 0 Å². The molecule has 0 N–H and O–H groups in total. The van der Waals surface area contributed by atoms with E-state index in [0.29, 0.717) is 12.2 Å². The summed E-state index contributed by atoms with van der Waals surface area (Å²) < 4.78 is 0. The average molecular weight is 252 g/mol. The number of ketones is 1. The number of carbonyl (C=O) groups excluding carboxylic acids is 1. The average Bonchev–Trinajstić information content (AvgIpc) is 2.24. The lowest BCUT2D eigenvalue weighted by Gasteiger charge is -2.40. The Morgan fingerprint density at radius 1 is 1.29 bits per heavy atom. The molecular formula is C14H18ClNO. The van der Waals surface area contributed by atoms with Gasteiger partial charge in [0.2, 0.25) is 0 Å². The standard InChI is InChI=1S/C14H18ClNO/c1-14(2)9-16(3)12(8-13(14)17)10-4-6-11(15)7-5-10/h4-7,12H,8-9H2,1-3H3. The van der Waals surface area contributed by atoms with Crippen molar-refractivity contribution >= 4 is 17.4 Å². The van der Waals surface area contributed by atoms with Gasteiger partial charge in [0.1, 0.15) is 5.78 Å². The van der Waals surface area contributed by atoms with Gasteiger partial charge in [-0.25, -0.2) is 0 Å². The van der Waals surface area contributed by atoms with Crippen LogP contribution in [0.1, 0.15) is 31.9 Å². The Morgan fingerprint density at radius 3 is 2.47 bits per heavy atom. The van der Waals surface area contributed by atoms with Crippen molar-refractivity contribution in [1.82, 2.24) is 4.90 Å². The Labute approximate surface area is 108 Å². The predicted molar refractivity (Wildman–Crippen MR) is 70.2 cm³/mol. The van der Waals surface area contributed by atoms with Crippen LogP contribution in [0.5, 0.6) is 0 Å². The fraction of sp³-hybridized carbons (Fsp3) is 0.500. The topological polar surface area (TPSA) is 20.3 Å². The van der Waals surface area contributed by atoms with E-state index in [1.165, 1.54) is 5.56 Å². The Morgan fingerprint density at radius 2 is 1.88 bits per heavy atom. The van der Waals surface area contributed by atoms with E-state index < -0.39 is 0 Å². The molecule has 0 spiro atoms. The van der Waals surface area contributed by atoms with E-state index >= 15 is 0 Å². The third-order valence-corrected chi connectivity index (χ3v) is 3.82. The van der Waals surface area contributed by atoms with Crippen molar-refractivity contribution in [2.75, 3.05) is 13.6 Å². The van der Waals surface area contributed by atoms with Gasteiger partial charge in [-0.05, 0) is 24.7 Å². The first-order valence-electron chi connectivity index (χ1n) is 5.89. The van der Waals surface area contributed by atoms with Crippen LogP contribution in [-0.2, 0) is 4.79 Å². The monoisotopic (exact) mass is 251 g/mol. The van der Waals surface area contributed by atoms with Crippen LogP contribution < -0.4 is 0 Å². The van der Waals surface area contributed by atoms with Crippen molar-refractivity contribution in [3.8, 4) is 0 Å². The minimum atomic E-state index is -0.225. The van der Waals surface area contributed by atoms with Crippen LogP contribution >= 0.6 is 11.6 Å². The fourth-order valence-electron chi connectivity index (χ4n) is 2.49. The molecule has 92 valence electrons. The van der Waals surface area contributed by atoms with E-state index in [4.69, 9.17) is 11.6 Å². The number of hydrogen-bond donors (Lipinski definition) is 0. The van der Waals surface area contributed by atoms with Crippen LogP contribution in [0.4, 0.5) is 0 Å². The van der Waals surface area contributed by atoms with Gasteiger partial charge in [-0.3, -0.25) is 9.69 Å². The van der Waals surface area contributed by atoms with Crippen molar-refractivity contribution in [2.24, 2.45) is 5.41 Å². The zero-order chi connectivity index (χ0) is 12.6. The van der Waals surface area contributed by atoms with Crippen LogP contribution in [-0.4, -0.2) is 24.3 Å². The molecule has 2 rings (SSSR count). The molecule has 3 heteroatoms. The van der Waals surface area contributed by atoms with Crippen molar-refractivity contribution in [3.05, 3.63) is 34.9 Å². The highest BCUT2D eigenvalue weighted by Crippen LogP contribution is 2.35. The predicted octanol–water partition coefficient (Wildman–Crippen LogP) is 3.31. The van der Waals surface area contributed by atoms with Crippen LogP contribution in [0.25, 0.3) is 0 Å². The summed E-state index contributed by atoms with van der Waals surface area (Å²) in [5.74, 6) is 0.343. The third kappa shape index (κ3) is 2.53. The molecule has 0 aliphatic carbocycles. The highest BCUT2D eigenvalue weighted by Gasteiger charge is 2.38. The summed E-state index contributed by atoms with van der Waals surface area (Å²) in [5, 5.41) is 0.735. The van der Waals surface area contributed by atoms with Gasteiger partial charge >= 0.3 is 0 Å². The molecule has 1 saturated heterocycles. The molecule has 1 aromatic carbocycles. The van der Waals surface area contributed by atoms with Crippen molar-refractivity contribution < 1.29 is 4.79 Å². The second-order valence-corrected chi connectivity index (χ2v) is 5.93. The Balaban J connectivity index is 2.23. The van der Waals surface area contributed by atoms with E-state index in [1.807, 2.05) is 38.1 Å². The lowest BCUT2D eigenvalue weighted by Crippen LogP contribution is -2.45. The summed E-state index contributed by atoms with van der Waals surface area (Å²) in [4.78, 5) is 14.3. The quantitative estimate of drug-likeness (QED) is 0.763. The molecule has 17 heavy (non-hydrogen) atoms. The smallest absolute Gasteiger partial charge is 0.141 e. The molecule has 1 atom stereocenters. The lowest BCUT2D eigenvalue weighted by molar-refractivity contribution is -0.133. The molecule has 0 bridgehead atoms. The number of nitrogens with zero attached hydrogens (tertiary/aromatic N) is 1. The van der Waals surface area contributed by atoms with E-state index in [1.54, 1.807) is 0 Å². The molecule has 1 heterocycles.